The van der Waals surface area contributed by atoms with Gasteiger partial charge in [0.2, 0.25) is 5.91 Å². The first-order valence-corrected chi connectivity index (χ1v) is 9.69. The molecule has 0 bridgehead atoms. The average Bonchev–Trinajstić information content (AvgIpc) is 3.21. The van der Waals surface area contributed by atoms with E-state index in [1.807, 2.05) is 0 Å². The Hall–Kier alpha value is -1.92. The zero-order chi connectivity index (χ0) is 18.1. The summed E-state index contributed by atoms with van der Waals surface area (Å²) in [6, 6.07) is 3.66. The Bertz CT molecular complexity index is 801. The lowest BCUT2D eigenvalue weighted by Crippen LogP contribution is -2.34. The molecule has 1 unspecified atom stereocenters. The van der Waals surface area contributed by atoms with E-state index in [4.69, 9.17) is 16.6 Å². The number of anilines is 1. The van der Waals surface area contributed by atoms with E-state index in [0.717, 1.165) is 38.1 Å². The minimum absolute atomic E-state index is 0.0503. The van der Waals surface area contributed by atoms with Crippen molar-refractivity contribution in [1.29, 1.82) is 0 Å². The Labute approximate surface area is 158 Å². The topological polar surface area (TPSA) is 63.1 Å². The number of likely N-dealkylation sites (tertiary alicyclic amines) is 1. The molecule has 6 nitrogen and oxygen atoms in total. The molecule has 26 heavy (non-hydrogen) atoms. The van der Waals surface area contributed by atoms with Crippen molar-refractivity contribution in [2.75, 3.05) is 18.4 Å². The molecule has 1 N–H and O–H groups in total. The summed E-state index contributed by atoms with van der Waals surface area (Å²) in [4.78, 5) is 23.8. The molecular weight excluding hydrogens is 350 g/mol. The number of carbonyl (C=O) groups excluding carboxylic acids is 1. The molecule has 0 saturated carbocycles. The van der Waals surface area contributed by atoms with Crippen LogP contribution in [0.15, 0.2) is 18.3 Å². The number of aromatic nitrogens is 3. The largest absolute Gasteiger partial charge is 0.334 e. The minimum atomic E-state index is -0.0503. The van der Waals surface area contributed by atoms with Crippen molar-refractivity contribution >= 4 is 23.3 Å². The third-order valence-corrected chi connectivity index (χ3v) is 5.64. The van der Waals surface area contributed by atoms with Crippen molar-refractivity contribution in [3.05, 3.63) is 40.6 Å². The maximum Gasteiger partial charge on any atom is 0.239 e. The molecule has 0 spiro atoms. The molecule has 0 aromatic carbocycles. The number of pyridine rings is 1. The minimum Gasteiger partial charge on any atom is -0.334 e. The van der Waals surface area contributed by atoms with Crippen molar-refractivity contribution in [1.82, 2.24) is 19.4 Å². The molecule has 4 rings (SSSR count). The highest BCUT2D eigenvalue weighted by molar-refractivity contribution is 6.30. The van der Waals surface area contributed by atoms with Gasteiger partial charge in [0.25, 0.3) is 0 Å². The molecule has 0 radical (unpaired) electrons. The SMILES string of the molecule is Cn1c(C2CCCN2CC(=O)Nc2ccc(Cl)cn2)nc2c1CCCC2. The van der Waals surface area contributed by atoms with Crippen molar-refractivity contribution in [2.24, 2.45) is 7.05 Å². The van der Waals surface area contributed by atoms with Crippen LogP contribution in [0.4, 0.5) is 5.82 Å². The molecule has 2 aromatic rings. The number of imidazole rings is 1. The molecule has 2 aliphatic rings. The van der Waals surface area contributed by atoms with Gasteiger partial charge >= 0.3 is 0 Å². The van der Waals surface area contributed by atoms with Crippen LogP contribution in [0.25, 0.3) is 0 Å². The number of nitrogens with one attached hydrogen (secondary N) is 1. The van der Waals surface area contributed by atoms with Crippen molar-refractivity contribution < 1.29 is 4.79 Å². The van der Waals surface area contributed by atoms with Gasteiger partial charge in [0.05, 0.1) is 23.3 Å². The van der Waals surface area contributed by atoms with E-state index < -0.39 is 0 Å². The summed E-state index contributed by atoms with van der Waals surface area (Å²) in [5.74, 6) is 1.60. The van der Waals surface area contributed by atoms with Gasteiger partial charge in [0.15, 0.2) is 0 Å². The lowest BCUT2D eigenvalue weighted by molar-refractivity contribution is -0.117. The van der Waals surface area contributed by atoms with Gasteiger partial charge in [-0.15, -0.1) is 0 Å². The van der Waals surface area contributed by atoms with Crippen LogP contribution in [0.3, 0.4) is 0 Å². The number of hydrogen-bond acceptors (Lipinski definition) is 4. The summed E-state index contributed by atoms with van der Waals surface area (Å²) in [7, 11) is 2.13. The fourth-order valence-corrected chi connectivity index (χ4v) is 4.24. The number of rotatable bonds is 4. The number of amides is 1. The zero-order valence-electron chi connectivity index (χ0n) is 15.0. The van der Waals surface area contributed by atoms with Gasteiger partial charge in [-0.3, -0.25) is 9.69 Å². The van der Waals surface area contributed by atoms with Gasteiger partial charge in [-0.2, -0.15) is 0 Å². The summed E-state index contributed by atoms with van der Waals surface area (Å²) in [5, 5.41) is 3.41. The highest BCUT2D eigenvalue weighted by Crippen LogP contribution is 2.33. The van der Waals surface area contributed by atoms with Crippen LogP contribution in [0.2, 0.25) is 5.02 Å². The highest BCUT2D eigenvalue weighted by atomic mass is 35.5. The zero-order valence-corrected chi connectivity index (χ0v) is 15.8. The molecule has 1 atom stereocenters. The number of halogens is 1. The Morgan fingerprint density at radius 3 is 2.92 bits per heavy atom. The van der Waals surface area contributed by atoms with Crippen molar-refractivity contribution in [3.63, 3.8) is 0 Å². The first-order chi connectivity index (χ1) is 12.6. The smallest absolute Gasteiger partial charge is 0.239 e. The maximum atomic E-state index is 12.5. The second-order valence-corrected chi connectivity index (χ2v) is 7.60. The summed E-state index contributed by atoms with van der Waals surface area (Å²) in [6.07, 6.45) is 8.36. The van der Waals surface area contributed by atoms with Crippen LogP contribution in [0.5, 0.6) is 0 Å². The third kappa shape index (κ3) is 3.48. The van der Waals surface area contributed by atoms with Crippen LogP contribution in [-0.2, 0) is 24.7 Å². The molecule has 1 fully saturated rings. The summed E-state index contributed by atoms with van der Waals surface area (Å²) >= 11 is 5.84. The van der Waals surface area contributed by atoms with Gasteiger partial charge in [0.1, 0.15) is 11.6 Å². The number of carbonyl (C=O) groups is 1. The van der Waals surface area contributed by atoms with E-state index >= 15 is 0 Å². The Kier molecular flexibility index (Phi) is 4.96. The quantitative estimate of drug-likeness (QED) is 0.894. The molecule has 7 heteroatoms. The first-order valence-electron chi connectivity index (χ1n) is 9.31. The van der Waals surface area contributed by atoms with Gasteiger partial charge in [-0.05, 0) is 57.2 Å². The molecule has 1 aliphatic heterocycles. The van der Waals surface area contributed by atoms with E-state index in [2.05, 4.69) is 26.8 Å². The van der Waals surface area contributed by atoms with Crippen LogP contribution in [-0.4, -0.2) is 38.4 Å². The maximum absolute atomic E-state index is 12.5. The van der Waals surface area contributed by atoms with Gasteiger partial charge in [-0.1, -0.05) is 11.6 Å². The second-order valence-electron chi connectivity index (χ2n) is 7.17. The number of hydrogen-bond donors (Lipinski definition) is 1. The summed E-state index contributed by atoms with van der Waals surface area (Å²) in [6.45, 7) is 1.27. The lowest BCUT2D eigenvalue weighted by Gasteiger charge is -2.23. The third-order valence-electron chi connectivity index (χ3n) is 5.41. The molecule has 2 aromatic heterocycles. The second kappa shape index (κ2) is 7.37. The number of fused-ring (bicyclic) bond motifs is 1. The number of nitrogens with zero attached hydrogens (tertiary/aromatic N) is 4. The Morgan fingerprint density at radius 1 is 1.31 bits per heavy atom. The standard InChI is InChI=1S/C19H24ClN5O/c1-24-15-6-3-2-5-14(15)22-19(24)16-7-4-10-25(16)12-18(26)23-17-9-8-13(20)11-21-17/h8-9,11,16H,2-7,10,12H2,1H3,(H,21,23,26). The van der Waals surface area contributed by atoms with Crippen LogP contribution < -0.4 is 5.32 Å². The summed E-state index contributed by atoms with van der Waals surface area (Å²) in [5.41, 5.74) is 2.64. The van der Waals surface area contributed by atoms with Crippen LogP contribution in [0, 0.1) is 0 Å². The molecule has 3 heterocycles. The van der Waals surface area contributed by atoms with E-state index in [9.17, 15) is 4.79 Å². The molecule has 1 amide bonds. The van der Waals surface area contributed by atoms with Gasteiger partial charge in [0, 0.05) is 18.9 Å². The number of aryl methyl sites for hydroxylation is 1. The molecular formula is C19H24ClN5O. The van der Waals surface area contributed by atoms with Crippen LogP contribution >= 0.6 is 11.6 Å². The van der Waals surface area contributed by atoms with Gasteiger partial charge in [-0.25, -0.2) is 9.97 Å². The van der Waals surface area contributed by atoms with Crippen molar-refractivity contribution in [3.8, 4) is 0 Å². The fraction of sp³-hybridized carbons (Fsp3) is 0.526. The monoisotopic (exact) mass is 373 g/mol. The van der Waals surface area contributed by atoms with E-state index in [1.165, 1.54) is 30.4 Å². The molecule has 1 saturated heterocycles. The van der Waals surface area contributed by atoms with Crippen LogP contribution in [0.1, 0.15) is 48.9 Å². The lowest BCUT2D eigenvalue weighted by atomic mass is 10.0. The molecule has 1 aliphatic carbocycles. The van der Waals surface area contributed by atoms with Gasteiger partial charge < -0.3 is 9.88 Å². The fourth-order valence-electron chi connectivity index (χ4n) is 4.13. The summed E-state index contributed by atoms with van der Waals surface area (Å²) < 4.78 is 2.27. The Morgan fingerprint density at radius 2 is 2.15 bits per heavy atom. The van der Waals surface area contributed by atoms with E-state index in [0.29, 0.717) is 17.4 Å². The normalized spacial score (nSPS) is 20.2. The average molecular weight is 374 g/mol. The van der Waals surface area contributed by atoms with Crippen molar-refractivity contribution in [2.45, 2.75) is 44.6 Å². The van der Waals surface area contributed by atoms with E-state index in [1.54, 1.807) is 12.1 Å². The van der Waals surface area contributed by atoms with E-state index in [-0.39, 0.29) is 11.9 Å². The first kappa shape index (κ1) is 17.5. The Balaban J connectivity index is 1.46. The molecule has 138 valence electrons. The predicted octanol–water partition coefficient (Wildman–Crippen LogP) is 3.12. The highest BCUT2D eigenvalue weighted by Gasteiger charge is 2.32. The predicted molar refractivity (Wildman–Crippen MR) is 101 cm³/mol.